The lowest BCUT2D eigenvalue weighted by Gasteiger charge is -2.25. The van der Waals surface area contributed by atoms with Gasteiger partial charge < -0.3 is 14.7 Å². The maximum absolute atomic E-state index is 10.3. The number of nitrogens with one attached hydrogen (secondary N) is 1. The van der Waals surface area contributed by atoms with Gasteiger partial charge in [-0.2, -0.15) is 0 Å². The number of carbonyl (C=O) groups is 1. The van der Waals surface area contributed by atoms with Crippen LogP contribution in [0.5, 0.6) is 0 Å². The van der Waals surface area contributed by atoms with Gasteiger partial charge in [-0.1, -0.05) is 19.9 Å². The van der Waals surface area contributed by atoms with Gasteiger partial charge >= 0.3 is 0 Å². The molecule has 2 aromatic rings. The van der Waals surface area contributed by atoms with E-state index in [1.807, 2.05) is 17.9 Å². The maximum atomic E-state index is 10.3. The molecule has 96 valence electrons. The van der Waals surface area contributed by atoms with Crippen molar-refractivity contribution in [3.05, 3.63) is 30.1 Å². The van der Waals surface area contributed by atoms with Crippen LogP contribution >= 0.6 is 0 Å². The van der Waals surface area contributed by atoms with Crippen molar-refractivity contribution in [1.82, 2.24) is 14.9 Å². The molecule has 1 aromatic carbocycles. The third kappa shape index (κ3) is 2.43. The van der Waals surface area contributed by atoms with Gasteiger partial charge in [0.05, 0.1) is 23.9 Å². The first-order valence-corrected chi connectivity index (χ1v) is 6.10. The molecule has 0 fully saturated rings. The summed E-state index contributed by atoms with van der Waals surface area (Å²) in [6.45, 7) is 5.49. The molecule has 0 bridgehead atoms. The number of hydrogen-bond acceptors (Lipinski definition) is 3. The zero-order valence-corrected chi connectivity index (χ0v) is 11.1. The van der Waals surface area contributed by atoms with Gasteiger partial charge in [0.1, 0.15) is 6.29 Å². The number of rotatable bonds is 5. The molecule has 2 rings (SSSR count). The van der Waals surface area contributed by atoms with Crippen LogP contribution in [0.4, 0.5) is 0 Å². The molecule has 0 atom stereocenters. The number of imidazole rings is 1. The second kappa shape index (κ2) is 4.90. The van der Waals surface area contributed by atoms with E-state index in [-0.39, 0.29) is 5.41 Å². The van der Waals surface area contributed by atoms with Crippen molar-refractivity contribution in [2.45, 2.75) is 19.3 Å². The Hall–Kier alpha value is -1.68. The average Bonchev–Trinajstić information content (AvgIpc) is 2.71. The lowest BCUT2D eigenvalue weighted by Crippen LogP contribution is -2.33. The molecule has 1 aromatic heterocycles. The molecular weight excluding hydrogens is 226 g/mol. The van der Waals surface area contributed by atoms with E-state index in [1.54, 1.807) is 0 Å². The standard InChI is InChI=1S/C14H19N3O/c1-14(2,9-15-6-7-18)11-4-5-13-12(8-11)16-10-17(13)3/h4-5,7-8,10,15H,6,9H2,1-3H3. The second-order valence-electron chi connectivity index (χ2n) is 5.24. The summed E-state index contributed by atoms with van der Waals surface area (Å²) < 4.78 is 2.01. The van der Waals surface area contributed by atoms with Crippen molar-refractivity contribution in [3.8, 4) is 0 Å². The van der Waals surface area contributed by atoms with Gasteiger partial charge in [-0.05, 0) is 17.7 Å². The Labute approximate surface area is 107 Å². The first-order valence-electron chi connectivity index (χ1n) is 6.10. The SMILES string of the molecule is Cn1cnc2cc(C(C)(C)CNCC=O)ccc21. The van der Waals surface area contributed by atoms with Gasteiger partial charge in [0.25, 0.3) is 0 Å². The van der Waals surface area contributed by atoms with E-state index in [1.165, 1.54) is 5.56 Å². The summed E-state index contributed by atoms with van der Waals surface area (Å²) in [5, 5.41) is 3.13. The molecule has 0 radical (unpaired) electrons. The predicted octanol–water partition coefficient (Wildman–Crippen LogP) is 1.64. The highest BCUT2D eigenvalue weighted by atomic mass is 16.1. The lowest BCUT2D eigenvalue weighted by molar-refractivity contribution is -0.107. The number of aldehydes is 1. The molecule has 18 heavy (non-hydrogen) atoms. The molecule has 0 amide bonds. The minimum absolute atomic E-state index is 0.0191. The van der Waals surface area contributed by atoms with Gasteiger partial charge in [-0.15, -0.1) is 0 Å². The topological polar surface area (TPSA) is 46.9 Å². The fraction of sp³-hybridized carbons (Fsp3) is 0.429. The fourth-order valence-electron chi connectivity index (χ4n) is 2.10. The molecule has 0 saturated heterocycles. The molecule has 1 N–H and O–H groups in total. The van der Waals surface area contributed by atoms with Gasteiger partial charge in [0.2, 0.25) is 0 Å². The molecule has 4 heteroatoms. The van der Waals surface area contributed by atoms with E-state index in [2.05, 4.69) is 42.3 Å². The van der Waals surface area contributed by atoms with Crippen LogP contribution < -0.4 is 5.32 Å². The number of fused-ring (bicyclic) bond motifs is 1. The van der Waals surface area contributed by atoms with Crippen molar-refractivity contribution >= 4 is 17.3 Å². The van der Waals surface area contributed by atoms with E-state index < -0.39 is 0 Å². The minimum Gasteiger partial charge on any atom is -0.334 e. The van der Waals surface area contributed by atoms with Crippen molar-refractivity contribution in [1.29, 1.82) is 0 Å². The third-order valence-corrected chi connectivity index (χ3v) is 3.30. The summed E-state index contributed by atoms with van der Waals surface area (Å²) in [7, 11) is 1.99. The summed E-state index contributed by atoms with van der Waals surface area (Å²) >= 11 is 0. The molecule has 4 nitrogen and oxygen atoms in total. The molecule has 0 saturated carbocycles. The monoisotopic (exact) mass is 245 g/mol. The molecule has 0 spiro atoms. The average molecular weight is 245 g/mol. The van der Waals surface area contributed by atoms with Crippen LogP contribution in [-0.4, -0.2) is 28.9 Å². The zero-order chi connectivity index (χ0) is 13.2. The number of hydrogen-bond donors (Lipinski definition) is 1. The Morgan fingerprint density at radius 1 is 1.44 bits per heavy atom. The largest absolute Gasteiger partial charge is 0.334 e. The van der Waals surface area contributed by atoms with Crippen LogP contribution in [0.2, 0.25) is 0 Å². The molecule has 0 aliphatic heterocycles. The van der Waals surface area contributed by atoms with Crippen molar-refractivity contribution < 1.29 is 4.79 Å². The highest BCUT2D eigenvalue weighted by molar-refractivity contribution is 5.76. The Balaban J connectivity index is 2.26. The summed E-state index contributed by atoms with van der Waals surface area (Å²) in [5.41, 5.74) is 3.36. The summed E-state index contributed by atoms with van der Waals surface area (Å²) in [6.07, 6.45) is 2.71. The van der Waals surface area contributed by atoms with Crippen molar-refractivity contribution in [2.75, 3.05) is 13.1 Å². The maximum Gasteiger partial charge on any atom is 0.133 e. The summed E-state index contributed by atoms with van der Waals surface area (Å²) in [4.78, 5) is 14.7. The molecule has 0 unspecified atom stereocenters. The number of benzene rings is 1. The number of aromatic nitrogens is 2. The quantitative estimate of drug-likeness (QED) is 0.643. The van der Waals surface area contributed by atoms with Crippen LogP contribution in [0.3, 0.4) is 0 Å². The van der Waals surface area contributed by atoms with E-state index in [9.17, 15) is 4.79 Å². The Morgan fingerprint density at radius 3 is 2.94 bits per heavy atom. The Morgan fingerprint density at radius 2 is 2.22 bits per heavy atom. The van der Waals surface area contributed by atoms with Crippen LogP contribution in [0.1, 0.15) is 19.4 Å². The van der Waals surface area contributed by atoms with E-state index in [0.29, 0.717) is 6.54 Å². The normalized spacial score (nSPS) is 11.9. The van der Waals surface area contributed by atoms with Crippen LogP contribution in [0.15, 0.2) is 24.5 Å². The van der Waals surface area contributed by atoms with Crippen molar-refractivity contribution in [2.24, 2.45) is 7.05 Å². The van der Waals surface area contributed by atoms with Crippen LogP contribution in [0.25, 0.3) is 11.0 Å². The Kier molecular flexibility index (Phi) is 3.48. The molecule has 0 aliphatic rings. The third-order valence-electron chi connectivity index (χ3n) is 3.30. The minimum atomic E-state index is -0.0191. The highest BCUT2D eigenvalue weighted by Gasteiger charge is 2.20. The predicted molar refractivity (Wildman–Crippen MR) is 72.7 cm³/mol. The van der Waals surface area contributed by atoms with Crippen LogP contribution in [-0.2, 0) is 17.3 Å². The summed E-state index contributed by atoms with van der Waals surface area (Å²) in [6, 6.07) is 6.35. The van der Waals surface area contributed by atoms with E-state index in [0.717, 1.165) is 23.9 Å². The lowest BCUT2D eigenvalue weighted by atomic mass is 9.84. The zero-order valence-electron chi connectivity index (χ0n) is 11.1. The Bertz CT molecular complexity index is 557. The van der Waals surface area contributed by atoms with Gasteiger partial charge in [-0.25, -0.2) is 4.98 Å². The fourth-order valence-corrected chi connectivity index (χ4v) is 2.10. The second-order valence-corrected chi connectivity index (χ2v) is 5.24. The first-order chi connectivity index (χ1) is 8.54. The van der Waals surface area contributed by atoms with E-state index >= 15 is 0 Å². The van der Waals surface area contributed by atoms with E-state index in [4.69, 9.17) is 0 Å². The number of carbonyl (C=O) groups excluding carboxylic acids is 1. The number of aryl methyl sites for hydroxylation is 1. The summed E-state index contributed by atoms with van der Waals surface area (Å²) in [5.74, 6) is 0. The molecular formula is C14H19N3O. The first kappa shape index (κ1) is 12.8. The molecule has 0 aliphatic carbocycles. The highest BCUT2D eigenvalue weighted by Crippen LogP contribution is 2.25. The smallest absolute Gasteiger partial charge is 0.133 e. The van der Waals surface area contributed by atoms with Gasteiger partial charge in [0, 0.05) is 19.0 Å². The van der Waals surface area contributed by atoms with Gasteiger partial charge in [-0.3, -0.25) is 0 Å². The number of nitrogens with zero attached hydrogens (tertiary/aromatic N) is 2. The van der Waals surface area contributed by atoms with Crippen molar-refractivity contribution in [3.63, 3.8) is 0 Å². The van der Waals surface area contributed by atoms with Gasteiger partial charge in [0.15, 0.2) is 0 Å². The molecule has 1 heterocycles. The van der Waals surface area contributed by atoms with Crippen LogP contribution in [0, 0.1) is 0 Å².